The number of nitrogen functional groups attached to an aromatic ring is 1. The summed E-state index contributed by atoms with van der Waals surface area (Å²) in [7, 11) is 0.372. The van der Waals surface area contributed by atoms with Crippen molar-refractivity contribution < 1.29 is 8.42 Å². The van der Waals surface area contributed by atoms with E-state index in [0.29, 0.717) is 15.7 Å². The topological polar surface area (TPSA) is 75.4 Å². The molecule has 0 aliphatic carbocycles. The lowest BCUT2D eigenvalue weighted by molar-refractivity contribution is 0.379. The van der Waals surface area contributed by atoms with Crippen molar-refractivity contribution in [3.63, 3.8) is 0 Å². The fraction of sp³-hybridized carbons (Fsp3) is 0.538. The van der Waals surface area contributed by atoms with Gasteiger partial charge < -0.3 is 10.6 Å². The number of halogens is 1. The molecule has 0 fully saturated rings. The van der Waals surface area contributed by atoms with Crippen LogP contribution < -0.4 is 10.5 Å². The average molecular weight is 364 g/mol. The fourth-order valence-corrected chi connectivity index (χ4v) is 3.79. The van der Waals surface area contributed by atoms with Gasteiger partial charge in [-0.25, -0.2) is 13.1 Å². The number of hydrogen-bond acceptors (Lipinski definition) is 4. The maximum Gasteiger partial charge on any atom is 0.241 e. The van der Waals surface area contributed by atoms with E-state index in [2.05, 4.69) is 20.7 Å². The molecule has 114 valence electrons. The third kappa shape index (κ3) is 4.73. The number of nitrogens with two attached hydrogens (primary N) is 1. The Morgan fingerprint density at radius 2 is 2.00 bits per heavy atom. The lowest BCUT2D eigenvalue weighted by Gasteiger charge is -2.18. The number of hydrogen-bond donors (Lipinski definition) is 2. The maximum atomic E-state index is 12.4. The molecule has 0 bridgehead atoms. The summed E-state index contributed by atoms with van der Waals surface area (Å²) in [6.07, 6.45) is 0.747. The first-order valence-electron chi connectivity index (χ1n) is 6.36. The molecule has 0 aliphatic heterocycles. The van der Waals surface area contributed by atoms with Crippen LogP contribution in [-0.2, 0) is 10.0 Å². The summed E-state index contributed by atoms with van der Waals surface area (Å²) >= 11 is 3.29. The third-order valence-corrected chi connectivity index (χ3v) is 5.37. The maximum absolute atomic E-state index is 12.4. The summed E-state index contributed by atoms with van der Waals surface area (Å²) in [4.78, 5) is 2.25. The van der Waals surface area contributed by atoms with Crippen LogP contribution in [0, 0.1) is 6.92 Å². The highest BCUT2D eigenvalue weighted by atomic mass is 79.9. The first kappa shape index (κ1) is 17.4. The van der Waals surface area contributed by atoms with Crippen LogP contribution in [0.25, 0.3) is 0 Å². The molecule has 0 aromatic heterocycles. The molecule has 1 aromatic carbocycles. The number of sulfonamides is 1. The first-order chi connectivity index (χ1) is 9.13. The molecule has 5 nitrogen and oxygen atoms in total. The van der Waals surface area contributed by atoms with Crippen molar-refractivity contribution in [2.45, 2.75) is 31.2 Å². The Labute approximate surface area is 129 Å². The smallest absolute Gasteiger partial charge is 0.241 e. The monoisotopic (exact) mass is 363 g/mol. The van der Waals surface area contributed by atoms with E-state index in [9.17, 15) is 8.42 Å². The van der Waals surface area contributed by atoms with Gasteiger partial charge in [-0.05, 0) is 74.5 Å². The number of nitrogens with zero attached hydrogens (tertiary/aromatic N) is 1. The molecule has 0 heterocycles. The largest absolute Gasteiger partial charge is 0.398 e. The minimum Gasteiger partial charge on any atom is -0.398 e. The Morgan fingerprint density at radius 3 is 2.55 bits per heavy atom. The molecule has 1 unspecified atom stereocenters. The molecule has 1 aromatic rings. The van der Waals surface area contributed by atoms with Crippen molar-refractivity contribution in [2.24, 2.45) is 0 Å². The van der Waals surface area contributed by atoms with E-state index in [1.807, 2.05) is 25.9 Å². The van der Waals surface area contributed by atoms with Crippen LogP contribution in [0.15, 0.2) is 21.5 Å². The van der Waals surface area contributed by atoms with Crippen molar-refractivity contribution in [2.75, 3.05) is 26.4 Å². The number of benzene rings is 1. The first-order valence-corrected chi connectivity index (χ1v) is 8.64. The Morgan fingerprint density at radius 1 is 1.40 bits per heavy atom. The lowest BCUT2D eigenvalue weighted by atomic mass is 10.2. The average Bonchev–Trinajstić information content (AvgIpc) is 2.30. The predicted molar refractivity (Wildman–Crippen MR) is 86.2 cm³/mol. The number of nitrogens with one attached hydrogen (secondary N) is 1. The highest BCUT2D eigenvalue weighted by molar-refractivity contribution is 9.10. The van der Waals surface area contributed by atoms with Crippen molar-refractivity contribution in [3.05, 3.63) is 22.2 Å². The highest BCUT2D eigenvalue weighted by Crippen LogP contribution is 2.26. The van der Waals surface area contributed by atoms with Crippen LogP contribution in [0.2, 0.25) is 0 Å². The van der Waals surface area contributed by atoms with E-state index in [-0.39, 0.29) is 10.9 Å². The van der Waals surface area contributed by atoms with Gasteiger partial charge in [0.15, 0.2) is 0 Å². The van der Waals surface area contributed by atoms with Crippen LogP contribution in [0.4, 0.5) is 5.69 Å². The second-order valence-electron chi connectivity index (χ2n) is 5.25. The van der Waals surface area contributed by atoms with Gasteiger partial charge in [0.1, 0.15) is 0 Å². The Hall–Kier alpha value is -0.630. The molecule has 20 heavy (non-hydrogen) atoms. The normalized spacial score (nSPS) is 13.7. The van der Waals surface area contributed by atoms with Crippen LogP contribution in [0.1, 0.15) is 18.9 Å². The standard InChI is InChI=1S/C13H22BrN3O2S/c1-9-7-11(14)12(15)8-13(9)20(18,19)16-10(2)5-6-17(3)4/h7-8,10,16H,5-6,15H2,1-4H3. The van der Waals surface area contributed by atoms with E-state index < -0.39 is 10.0 Å². The van der Waals surface area contributed by atoms with Gasteiger partial charge in [0.05, 0.1) is 4.90 Å². The minimum absolute atomic E-state index is 0.133. The fourth-order valence-electron chi connectivity index (χ4n) is 1.80. The van der Waals surface area contributed by atoms with E-state index >= 15 is 0 Å². The molecule has 0 amide bonds. The Bertz CT molecular complexity index is 573. The molecular formula is C13H22BrN3O2S. The van der Waals surface area contributed by atoms with Crippen LogP contribution in [-0.4, -0.2) is 40.0 Å². The zero-order valence-corrected chi connectivity index (χ0v) is 14.7. The highest BCUT2D eigenvalue weighted by Gasteiger charge is 2.20. The Kier molecular flexibility index (Phi) is 6.00. The second-order valence-corrected chi connectivity index (χ2v) is 7.79. The molecule has 0 radical (unpaired) electrons. The van der Waals surface area contributed by atoms with Crippen LogP contribution in [0.3, 0.4) is 0 Å². The number of anilines is 1. The second kappa shape index (κ2) is 6.89. The lowest BCUT2D eigenvalue weighted by Crippen LogP contribution is -2.35. The molecule has 3 N–H and O–H groups in total. The third-order valence-electron chi connectivity index (χ3n) is 2.95. The molecular weight excluding hydrogens is 342 g/mol. The van der Waals surface area contributed by atoms with Gasteiger partial charge in [0.2, 0.25) is 10.0 Å². The quantitative estimate of drug-likeness (QED) is 0.757. The zero-order valence-electron chi connectivity index (χ0n) is 12.3. The summed E-state index contributed by atoms with van der Waals surface area (Å²) in [5.41, 5.74) is 6.85. The van der Waals surface area contributed by atoms with Gasteiger partial charge in [0.25, 0.3) is 0 Å². The van der Waals surface area contributed by atoms with Crippen molar-refractivity contribution in [1.29, 1.82) is 0 Å². The van der Waals surface area contributed by atoms with Crippen molar-refractivity contribution >= 4 is 31.6 Å². The van der Waals surface area contributed by atoms with Gasteiger partial charge in [-0.2, -0.15) is 0 Å². The molecule has 1 atom stereocenters. The zero-order chi connectivity index (χ0) is 15.5. The van der Waals surface area contributed by atoms with E-state index in [4.69, 9.17) is 5.73 Å². The SMILES string of the molecule is Cc1cc(Br)c(N)cc1S(=O)(=O)NC(C)CCN(C)C. The summed E-state index contributed by atoms with van der Waals surface area (Å²) in [6.45, 7) is 4.44. The molecule has 0 aliphatic rings. The van der Waals surface area contributed by atoms with E-state index in [1.165, 1.54) is 6.07 Å². The summed E-state index contributed by atoms with van der Waals surface area (Å²) in [6, 6.07) is 3.07. The molecule has 0 spiro atoms. The summed E-state index contributed by atoms with van der Waals surface area (Å²) < 4.78 is 28.1. The molecule has 7 heteroatoms. The minimum atomic E-state index is -3.55. The molecule has 1 rings (SSSR count). The summed E-state index contributed by atoms with van der Waals surface area (Å²) in [5, 5.41) is 0. The summed E-state index contributed by atoms with van der Waals surface area (Å²) in [5.74, 6) is 0. The predicted octanol–water partition coefficient (Wildman–Crippen LogP) is 1.96. The number of rotatable bonds is 6. The Balaban J connectivity index is 2.92. The van der Waals surface area contributed by atoms with E-state index in [0.717, 1.165) is 13.0 Å². The van der Waals surface area contributed by atoms with Gasteiger partial charge in [-0.15, -0.1) is 0 Å². The number of aryl methyl sites for hydroxylation is 1. The van der Waals surface area contributed by atoms with Crippen molar-refractivity contribution in [3.8, 4) is 0 Å². The van der Waals surface area contributed by atoms with Gasteiger partial charge in [0, 0.05) is 16.2 Å². The van der Waals surface area contributed by atoms with Gasteiger partial charge in [-0.1, -0.05) is 0 Å². The van der Waals surface area contributed by atoms with Gasteiger partial charge in [-0.3, -0.25) is 0 Å². The van der Waals surface area contributed by atoms with Gasteiger partial charge >= 0.3 is 0 Å². The molecule has 0 saturated carbocycles. The molecule has 0 saturated heterocycles. The van der Waals surface area contributed by atoms with Crippen molar-refractivity contribution in [1.82, 2.24) is 9.62 Å². The van der Waals surface area contributed by atoms with E-state index in [1.54, 1.807) is 13.0 Å². The van der Waals surface area contributed by atoms with Crippen LogP contribution in [0.5, 0.6) is 0 Å². The van der Waals surface area contributed by atoms with Crippen LogP contribution >= 0.6 is 15.9 Å².